The summed E-state index contributed by atoms with van der Waals surface area (Å²) in [5.74, 6) is -0.782. The van der Waals surface area contributed by atoms with E-state index in [2.05, 4.69) is 4.90 Å². The van der Waals surface area contributed by atoms with Crippen molar-refractivity contribution >= 4 is 28.8 Å². The Hall–Kier alpha value is -3.52. The molecule has 2 bridgehead atoms. The Labute approximate surface area is 234 Å². The lowest BCUT2D eigenvalue weighted by molar-refractivity contribution is -0.156. The zero-order valence-corrected chi connectivity index (χ0v) is 24.2. The van der Waals surface area contributed by atoms with Gasteiger partial charge in [0.05, 0.1) is 18.2 Å². The third-order valence-electron chi connectivity index (χ3n) is 8.38. The zero-order chi connectivity index (χ0) is 28.1. The lowest BCUT2D eigenvalue weighted by atomic mass is 9.69. The maximum absolute atomic E-state index is 15.2. The summed E-state index contributed by atoms with van der Waals surface area (Å²) in [5.41, 5.74) is 2.65. The lowest BCUT2D eigenvalue weighted by Crippen LogP contribution is -2.76. The topological polar surface area (TPSA) is 70.2 Å². The summed E-state index contributed by atoms with van der Waals surface area (Å²) in [6.07, 6.45) is 0. The molecule has 4 heterocycles. The molecule has 1 amide bonds. The molecule has 3 atom stereocenters. The number of carbonyl (C=O) groups is 3. The molecule has 39 heavy (non-hydrogen) atoms. The van der Waals surface area contributed by atoms with E-state index in [0.717, 1.165) is 16.8 Å². The molecule has 0 N–H and O–H groups in total. The number of nitrogens with zero attached hydrogens (tertiary/aromatic N) is 3. The summed E-state index contributed by atoms with van der Waals surface area (Å²) in [6, 6.07) is 18.2. The number of amides is 1. The SMILES string of the molecule is CCOC(=O)C1=C(C)N(C)[C@]23SC(=O)[C@](c4ccccc4)(C(=O)N2[C@@H]1c1ccccc1)C(N(CC)CC)=C3C. The van der Waals surface area contributed by atoms with E-state index in [4.69, 9.17) is 4.74 Å². The number of hydrogen-bond donors (Lipinski definition) is 0. The molecule has 2 aromatic carbocycles. The quantitative estimate of drug-likeness (QED) is 0.365. The van der Waals surface area contributed by atoms with Gasteiger partial charge in [0.25, 0.3) is 5.91 Å². The van der Waals surface area contributed by atoms with Crippen LogP contribution in [0.1, 0.15) is 51.8 Å². The fourth-order valence-corrected chi connectivity index (χ4v) is 8.08. The second-order valence-corrected chi connectivity index (χ2v) is 11.2. The van der Waals surface area contributed by atoms with Crippen LogP contribution in [0.15, 0.2) is 83.2 Å². The van der Waals surface area contributed by atoms with E-state index in [0.29, 0.717) is 29.9 Å². The molecule has 0 radical (unpaired) electrons. The van der Waals surface area contributed by atoms with Gasteiger partial charge in [0.1, 0.15) is 0 Å². The summed E-state index contributed by atoms with van der Waals surface area (Å²) >= 11 is 1.17. The molecule has 4 aliphatic rings. The molecule has 6 rings (SSSR count). The van der Waals surface area contributed by atoms with Crippen LogP contribution in [0.5, 0.6) is 0 Å². The fraction of sp³-hybridized carbons (Fsp3) is 0.387. The van der Waals surface area contributed by atoms with Gasteiger partial charge in [-0.1, -0.05) is 60.7 Å². The van der Waals surface area contributed by atoms with E-state index in [1.54, 1.807) is 11.8 Å². The van der Waals surface area contributed by atoms with E-state index in [9.17, 15) is 9.59 Å². The average Bonchev–Trinajstić information content (AvgIpc) is 2.95. The van der Waals surface area contributed by atoms with Crippen molar-refractivity contribution in [2.45, 2.75) is 51.1 Å². The minimum Gasteiger partial charge on any atom is -0.463 e. The molecule has 0 unspecified atom stereocenters. The summed E-state index contributed by atoms with van der Waals surface area (Å²) in [4.78, 5) is 48.0. The monoisotopic (exact) mass is 545 g/mol. The number of fused-ring (bicyclic) bond motifs is 1. The van der Waals surface area contributed by atoms with Crippen LogP contribution in [0, 0.1) is 0 Å². The number of likely N-dealkylation sites (N-methyl/N-ethyl adjacent to an activating group) is 2. The van der Waals surface area contributed by atoms with Gasteiger partial charge >= 0.3 is 5.97 Å². The molecule has 1 fully saturated rings. The van der Waals surface area contributed by atoms with Gasteiger partial charge in [-0.15, -0.1) is 0 Å². The van der Waals surface area contributed by atoms with Crippen LogP contribution in [-0.4, -0.2) is 63.4 Å². The molecule has 4 aliphatic heterocycles. The smallest absolute Gasteiger partial charge is 0.338 e. The van der Waals surface area contributed by atoms with Crippen molar-refractivity contribution in [3.63, 3.8) is 0 Å². The number of thioether (sulfide) groups is 1. The first kappa shape index (κ1) is 27.1. The van der Waals surface area contributed by atoms with E-state index in [1.165, 1.54) is 11.8 Å². The summed E-state index contributed by atoms with van der Waals surface area (Å²) in [7, 11) is 1.86. The van der Waals surface area contributed by atoms with Crippen molar-refractivity contribution in [3.8, 4) is 0 Å². The number of esters is 1. The summed E-state index contributed by atoms with van der Waals surface area (Å²) in [6.45, 7) is 11.3. The number of benzene rings is 2. The van der Waals surface area contributed by atoms with Gasteiger partial charge in [0, 0.05) is 37.1 Å². The Kier molecular flexibility index (Phi) is 6.87. The summed E-state index contributed by atoms with van der Waals surface area (Å²) in [5, 5.41) is -0.200. The number of allylic oxidation sites excluding steroid dienone is 1. The molecule has 2 aromatic rings. The van der Waals surface area contributed by atoms with Gasteiger partial charge in [-0.2, -0.15) is 0 Å². The van der Waals surface area contributed by atoms with Crippen LogP contribution in [0.25, 0.3) is 0 Å². The van der Waals surface area contributed by atoms with Crippen LogP contribution in [0.3, 0.4) is 0 Å². The number of ether oxygens (including phenoxy) is 1. The Morgan fingerprint density at radius 3 is 2.13 bits per heavy atom. The average molecular weight is 546 g/mol. The molecular weight excluding hydrogens is 510 g/mol. The highest BCUT2D eigenvalue weighted by molar-refractivity contribution is 8.15. The van der Waals surface area contributed by atoms with Crippen LogP contribution in [0.2, 0.25) is 0 Å². The van der Waals surface area contributed by atoms with E-state index in [-0.39, 0.29) is 17.6 Å². The van der Waals surface area contributed by atoms with E-state index < -0.39 is 22.4 Å². The standard InChI is InChI=1S/C31H35N3O4S/c1-7-33(8-2)26-20(4)31-32(6)21(5)24(27(35)38-9-3)25(22-16-12-10-13-17-22)34(31)28(36)30(26,29(37)39-31)23-18-14-11-15-19-23/h10-19,25H,7-9H2,1-6H3/t25-,30+,31+/m1/s1. The Bertz CT molecular complexity index is 1390. The van der Waals surface area contributed by atoms with Crippen LogP contribution >= 0.6 is 11.8 Å². The predicted molar refractivity (Wildman–Crippen MR) is 152 cm³/mol. The third-order valence-corrected chi connectivity index (χ3v) is 9.94. The Morgan fingerprint density at radius 2 is 1.56 bits per heavy atom. The van der Waals surface area contributed by atoms with Gasteiger partial charge in [-0.3, -0.25) is 14.5 Å². The first-order chi connectivity index (χ1) is 18.7. The highest BCUT2D eigenvalue weighted by atomic mass is 32.2. The number of carbonyl (C=O) groups excluding carboxylic acids is 3. The van der Waals surface area contributed by atoms with Crippen molar-refractivity contribution in [2.24, 2.45) is 0 Å². The van der Waals surface area contributed by atoms with Crippen LogP contribution in [0.4, 0.5) is 0 Å². The minimum atomic E-state index is -1.54. The third kappa shape index (κ3) is 3.46. The van der Waals surface area contributed by atoms with Gasteiger partial charge in [0.2, 0.25) is 5.12 Å². The summed E-state index contributed by atoms with van der Waals surface area (Å²) < 4.78 is 5.54. The van der Waals surface area contributed by atoms with Crippen molar-refractivity contribution in [1.29, 1.82) is 0 Å². The number of rotatable bonds is 7. The van der Waals surface area contributed by atoms with E-state index >= 15 is 4.79 Å². The van der Waals surface area contributed by atoms with Gasteiger partial charge in [-0.05, 0) is 57.5 Å². The molecular formula is C31H35N3O4S. The molecule has 1 spiro atoms. The highest BCUT2D eigenvalue weighted by Crippen LogP contribution is 2.64. The fourth-order valence-electron chi connectivity index (χ4n) is 6.56. The largest absolute Gasteiger partial charge is 0.463 e. The second kappa shape index (κ2) is 9.90. The van der Waals surface area contributed by atoms with Crippen LogP contribution in [-0.2, 0) is 24.5 Å². The molecule has 204 valence electrons. The molecule has 0 aromatic heterocycles. The Morgan fingerprint density at radius 1 is 0.974 bits per heavy atom. The molecule has 1 saturated heterocycles. The normalized spacial score (nSPS) is 26.3. The van der Waals surface area contributed by atoms with Crippen molar-refractivity contribution in [1.82, 2.24) is 14.7 Å². The van der Waals surface area contributed by atoms with Crippen molar-refractivity contribution in [3.05, 3.63) is 94.3 Å². The molecule has 8 heteroatoms. The van der Waals surface area contributed by atoms with Gasteiger partial charge in [-0.25, -0.2) is 4.79 Å². The van der Waals surface area contributed by atoms with Gasteiger partial charge in [0.15, 0.2) is 10.4 Å². The maximum atomic E-state index is 15.2. The zero-order valence-electron chi connectivity index (χ0n) is 23.4. The van der Waals surface area contributed by atoms with Crippen molar-refractivity contribution in [2.75, 3.05) is 26.7 Å². The minimum absolute atomic E-state index is 0.200. The molecule has 0 aliphatic carbocycles. The number of hydrogen-bond acceptors (Lipinski definition) is 7. The first-order valence-corrected chi connectivity index (χ1v) is 14.3. The van der Waals surface area contributed by atoms with Crippen LogP contribution < -0.4 is 0 Å². The second-order valence-electron chi connectivity index (χ2n) is 10.0. The van der Waals surface area contributed by atoms with Crippen molar-refractivity contribution < 1.29 is 19.1 Å². The Balaban J connectivity index is 1.92. The predicted octanol–water partition coefficient (Wildman–Crippen LogP) is 4.83. The van der Waals surface area contributed by atoms with Gasteiger partial charge < -0.3 is 14.5 Å². The first-order valence-electron chi connectivity index (χ1n) is 13.5. The van der Waals surface area contributed by atoms with E-state index in [1.807, 2.05) is 100 Å². The molecule has 0 saturated carbocycles. The lowest BCUT2D eigenvalue weighted by Gasteiger charge is -2.65. The maximum Gasteiger partial charge on any atom is 0.338 e. The molecule has 7 nitrogen and oxygen atoms in total. The highest BCUT2D eigenvalue weighted by Gasteiger charge is 2.73.